The van der Waals surface area contributed by atoms with Crippen LogP contribution in [0.15, 0.2) is 6.07 Å². The minimum absolute atomic E-state index is 0.0732. The Labute approximate surface area is 143 Å². The second-order valence-electron chi connectivity index (χ2n) is 8.99. The number of fused-ring (bicyclic) bond motifs is 2. The highest BCUT2D eigenvalue weighted by Crippen LogP contribution is 2.48. The van der Waals surface area contributed by atoms with Crippen molar-refractivity contribution in [3.05, 3.63) is 17.5 Å². The predicted molar refractivity (Wildman–Crippen MR) is 91.9 cm³/mol. The van der Waals surface area contributed by atoms with Gasteiger partial charge < -0.3 is 10.4 Å². The summed E-state index contributed by atoms with van der Waals surface area (Å²) in [6.45, 7) is 6.57. The Morgan fingerprint density at radius 2 is 2.00 bits per heavy atom. The summed E-state index contributed by atoms with van der Waals surface area (Å²) in [6, 6.07) is 2.10. The number of aliphatic hydroxyl groups is 1. The lowest BCUT2D eigenvalue weighted by Gasteiger charge is -2.30. The first-order chi connectivity index (χ1) is 11.4. The quantitative estimate of drug-likeness (QED) is 0.891. The number of nitrogens with one attached hydrogen (secondary N) is 1. The molecule has 132 valence electrons. The molecule has 3 saturated carbocycles. The normalized spacial score (nSPS) is 32.3. The Hall–Kier alpha value is -1.36. The van der Waals surface area contributed by atoms with Crippen LogP contribution in [0.1, 0.15) is 75.0 Å². The molecule has 0 saturated heterocycles. The van der Waals surface area contributed by atoms with Crippen molar-refractivity contribution < 1.29 is 9.90 Å². The van der Waals surface area contributed by atoms with Gasteiger partial charge in [-0.05, 0) is 70.8 Å². The van der Waals surface area contributed by atoms with Gasteiger partial charge in [0.25, 0.3) is 5.91 Å². The van der Waals surface area contributed by atoms with E-state index < -0.39 is 0 Å². The van der Waals surface area contributed by atoms with Gasteiger partial charge in [0.2, 0.25) is 0 Å². The van der Waals surface area contributed by atoms with Crippen molar-refractivity contribution in [3.63, 3.8) is 0 Å². The van der Waals surface area contributed by atoms with Gasteiger partial charge in [0.05, 0.1) is 5.54 Å². The fourth-order valence-electron chi connectivity index (χ4n) is 4.84. The number of carbonyl (C=O) groups excluding carboxylic acids is 1. The number of carbonyl (C=O) groups is 1. The summed E-state index contributed by atoms with van der Waals surface area (Å²) in [5.74, 6) is 1.82. The number of rotatable bonds is 4. The molecule has 3 aliphatic carbocycles. The van der Waals surface area contributed by atoms with Crippen molar-refractivity contribution in [2.24, 2.45) is 17.8 Å². The summed E-state index contributed by atoms with van der Waals surface area (Å²) in [6.07, 6.45) is 5.92. The van der Waals surface area contributed by atoms with Crippen molar-refractivity contribution in [1.29, 1.82) is 0 Å². The van der Waals surface area contributed by atoms with E-state index in [1.54, 1.807) is 0 Å². The van der Waals surface area contributed by atoms with Gasteiger partial charge >= 0.3 is 0 Å². The van der Waals surface area contributed by atoms with Crippen LogP contribution >= 0.6 is 0 Å². The van der Waals surface area contributed by atoms with Gasteiger partial charge in [-0.3, -0.25) is 9.48 Å². The molecule has 3 fully saturated rings. The SMILES string of the molecule is CC(C)(C)n1nc(C(=O)NC2C3CCC(C3)C2CO)cc1C1CC1. The second kappa shape index (κ2) is 5.58. The maximum absolute atomic E-state index is 12.8. The molecule has 4 unspecified atom stereocenters. The first kappa shape index (κ1) is 16.1. The molecular formula is C19H29N3O2. The van der Waals surface area contributed by atoms with Gasteiger partial charge in [-0.15, -0.1) is 0 Å². The standard InChI is InChI=1S/C19H29N3O2/c1-19(2,3)22-16(11-4-5-11)9-15(21-22)18(24)20-17-13-7-6-12(8-13)14(17)10-23/h9,11-14,17,23H,4-8,10H2,1-3H3,(H,20,24). The van der Waals surface area contributed by atoms with Crippen LogP contribution in [0.25, 0.3) is 0 Å². The molecule has 2 bridgehead atoms. The molecule has 1 aromatic heterocycles. The first-order valence-electron chi connectivity index (χ1n) is 9.40. The van der Waals surface area contributed by atoms with E-state index >= 15 is 0 Å². The Morgan fingerprint density at radius 1 is 1.29 bits per heavy atom. The van der Waals surface area contributed by atoms with Gasteiger partial charge in [0.1, 0.15) is 5.69 Å². The van der Waals surface area contributed by atoms with Crippen LogP contribution in [0.2, 0.25) is 0 Å². The van der Waals surface area contributed by atoms with Crippen LogP contribution in [-0.2, 0) is 5.54 Å². The highest BCUT2D eigenvalue weighted by atomic mass is 16.3. The average Bonchev–Trinajstić information content (AvgIpc) is 2.98. The fraction of sp³-hybridized carbons (Fsp3) is 0.789. The lowest BCUT2D eigenvalue weighted by Crippen LogP contribution is -2.45. The maximum atomic E-state index is 12.8. The summed E-state index contributed by atoms with van der Waals surface area (Å²) in [7, 11) is 0. The zero-order valence-corrected chi connectivity index (χ0v) is 15.0. The van der Waals surface area contributed by atoms with Crippen LogP contribution < -0.4 is 5.32 Å². The number of nitrogens with zero attached hydrogens (tertiary/aromatic N) is 2. The number of aliphatic hydroxyl groups excluding tert-OH is 1. The number of hydrogen-bond donors (Lipinski definition) is 2. The Kier molecular flexibility index (Phi) is 3.75. The summed E-state index contributed by atoms with van der Waals surface area (Å²) in [5, 5.41) is 17.6. The van der Waals surface area contributed by atoms with Crippen molar-refractivity contribution in [2.45, 2.75) is 70.4 Å². The molecule has 0 aromatic carbocycles. The van der Waals surface area contributed by atoms with Crippen LogP contribution in [-0.4, -0.2) is 33.4 Å². The molecule has 0 radical (unpaired) electrons. The fourth-order valence-corrected chi connectivity index (χ4v) is 4.84. The minimum Gasteiger partial charge on any atom is -0.396 e. The first-order valence-corrected chi connectivity index (χ1v) is 9.40. The molecule has 24 heavy (non-hydrogen) atoms. The lowest BCUT2D eigenvalue weighted by molar-refractivity contribution is 0.0855. The van der Waals surface area contributed by atoms with E-state index in [4.69, 9.17) is 0 Å². The lowest BCUT2D eigenvalue weighted by atomic mass is 9.85. The van der Waals surface area contributed by atoms with Crippen molar-refractivity contribution in [3.8, 4) is 0 Å². The summed E-state index contributed by atoms with van der Waals surface area (Å²) in [4.78, 5) is 12.8. The molecule has 4 rings (SSSR count). The molecule has 1 aromatic rings. The summed E-state index contributed by atoms with van der Waals surface area (Å²) < 4.78 is 2.03. The largest absolute Gasteiger partial charge is 0.396 e. The van der Waals surface area contributed by atoms with Gasteiger partial charge in [0, 0.05) is 30.2 Å². The molecule has 3 aliphatic rings. The summed E-state index contributed by atoms with van der Waals surface area (Å²) in [5.41, 5.74) is 1.61. The highest BCUT2D eigenvalue weighted by molar-refractivity contribution is 5.92. The highest BCUT2D eigenvalue weighted by Gasteiger charge is 2.48. The monoisotopic (exact) mass is 331 g/mol. The molecular weight excluding hydrogens is 302 g/mol. The third-order valence-electron chi connectivity index (χ3n) is 6.20. The van der Waals surface area contributed by atoms with E-state index in [0.717, 1.165) is 6.42 Å². The molecule has 1 amide bonds. The third-order valence-corrected chi connectivity index (χ3v) is 6.20. The van der Waals surface area contributed by atoms with E-state index in [9.17, 15) is 9.90 Å². The van der Waals surface area contributed by atoms with Crippen LogP contribution in [0.4, 0.5) is 0 Å². The number of hydrogen-bond acceptors (Lipinski definition) is 3. The third kappa shape index (κ3) is 2.67. The molecule has 1 heterocycles. The number of amides is 1. The van der Waals surface area contributed by atoms with Crippen molar-refractivity contribution >= 4 is 5.91 Å². The number of aromatic nitrogens is 2. The van der Waals surface area contributed by atoms with Crippen LogP contribution in [0.3, 0.4) is 0 Å². The molecule has 0 aliphatic heterocycles. The Balaban J connectivity index is 1.55. The van der Waals surface area contributed by atoms with Gasteiger partial charge in [-0.1, -0.05) is 0 Å². The molecule has 0 spiro atoms. The summed E-state index contributed by atoms with van der Waals surface area (Å²) >= 11 is 0. The average molecular weight is 331 g/mol. The molecule has 5 heteroatoms. The van der Waals surface area contributed by atoms with Crippen LogP contribution in [0, 0.1) is 17.8 Å². The second-order valence-corrected chi connectivity index (χ2v) is 8.99. The van der Waals surface area contributed by atoms with E-state index in [1.165, 1.54) is 31.4 Å². The van der Waals surface area contributed by atoms with Gasteiger partial charge in [0.15, 0.2) is 0 Å². The zero-order valence-electron chi connectivity index (χ0n) is 15.0. The zero-order chi connectivity index (χ0) is 17.1. The van der Waals surface area contributed by atoms with E-state index in [0.29, 0.717) is 23.4 Å². The molecule has 2 N–H and O–H groups in total. The van der Waals surface area contributed by atoms with E-state index in [-0.39, 0.29) is 30.0 Å². The van der Waals surface area contributed by atoms with Crippen LogP contribution in [0.5, 0.6) is 0 Å². The van der Waals surface area contributed by atoms with E-state index in [1.807, 2.05) is 10.7 Å². The van der Waals surface area contributed by atoms with E-state index in [2.05, 4.69) is 31.2 Å². The van der Waals surface area contributed by atoms with Crippen molar-refractivity contribution in [1.82, 2.24) is 15.1 Å². The minimum atomic E-state index is -0.115. The van der Waals surface area contributed by atoms with Crippen molar-refractivity contribution in [2.75, 3.05) is 6.61 Å². The van der Waals surface area contributed by atoms with Gasteiger partial charge in [-0.25, -0.2) is 0 Å². The predicted octanol–water partition coefficient (Wildman–Crippen LogP) is 2.65. The molecule has 4 atom stereocenters. The Bertz CT molecular complexity index is 642. The maximum Gasteiger partial charge on any atom is 0.272 e. The topological polar surface area (TPSA) is 67.2 Å². The van der Waals surface area contributed by atoms with Gasteiger partial charge in [-0.2, -0.15) is 5.10 Å². The Morgan fingerprint density at radius 3 is 2.62 bits per heavy atom. The molecule has 5 nitrogen and oxygen atoms in total. The smallest absolute Gasteiger partial charge is 0.272 e.